The number of benzene rings is 1. The maximum atomic E-state index is 12.2. The van der Waals surface area contributed by atoms with Gasteiger partial charge in [0.25, 0.3) is 0 Å². The zero-order valence-electron chi connectivity index (χ0n) is 12.1. The minimum Gasteiger partial charge on any atom is -0.481 e. The molecule has 1 saturated carbocycles. The van der Waals surface area contributed by atoms with Crippen molar-refractivity contribution in [2.24, 2.45) is 5.41 Å². The Labute approximate surface area is 129 Å². The number of aliphatic carboxylic acids is 1. The van der Waals surface area contributed by atoms with Crippen LogP contribution in [0.25, 0.3) is 0 Å². The van der Waals surface area contributed by atoms with E-state index in [1.807, 2.05) is 13.0 Å². The number of nitrogens with one attached hydrogen (secondary N) is 1. The van der Waals surface area contributed by atoms with Gasteiger partial charge in [0, 0.05) is 6.42 Å². The van der Waals surface area contributed by atoms with E-state index in [0.29, 0.717) is 23.6 Å². The molecule has 1 aliphatic rings. The molecule has 114 valence electrons. The third-order valence-electron chi connectivity index (χ3n) is 4.16. The molecule has 0 bridgehead atoms. The summed E-state index contributed by atoms with van der Waals surface area (Å²) in [5, 5.41) is 12.7. The van der Waals surface area contributed by atoms with Crippen LogP contribution in [0.5, 0.6) is 0 Å². The maximum absolute atomic E-state index is 12.2. The van der Waals surface area contributed by atoms with Crippen molar-refractivity contribution in [3.05, 3.63) is 28.8 Å². The van der Waals surface area contributed by atoms with Crippen LogP contribution in [0.3, 0.4) is 0 Å². The highest BCUT2D eigenvalue weighted by Gasteiger charge is 2.41. The summed E-state index contributed by atoms with van der Waals surface area (Å²) in [5.41, 5.74) is 0.621. The zero-order valence-corrected chi connectivity index (χ0v) is 12.9. The molecule has 1 amide bonds. The molecule has 0 aliphatic heterocycles. The second kappa shape index (κ2) is 6.48. The molecule has 1 fully saturated rings. The van der Waals surface area contributed by atoms with Crippen molar-refractivity contribution in [1.29, 1.82) is 0 Å². The van der Waals surface area contributed by atoms with E-state index in [4.69, 9.17) is 11.6 Å². The van der Waals surface area contributed by atoms with E-state index in [9.17, 15) is 14.7 Å². The number of hydrogen-bond acceptors (Lipinski definition) is 2. The Hall–Kier alpha value is -1.55. The van der Waals surface area contributed by atoms with Crippen LogP contribution in [0.2, 0.25) is 5.02 Å². The summed E-state index contributed by atoms with van der Waals surface area (Å²) < 4.78 is 0. The lowest BCUT2D eigenvalue weighted by Crippen LogP contribution is -2.37. The van der Waals surface area contributed by atoms with Gasteiger partial charge in [0.1, 0.15) is 0 Å². The van der Waals surface area contributed by atoms with Crippen LogP contribution in [0, 0.1) is 12.3 Å². The Kier molecular flexibility index (Phi) is 4.88. The fraction of sp³-hybridized carbons (Fsp3) is 0.500. The summed E-state index contributed by atoms with van der Waals surface area (Å²) in [6.07, 6.45) is 3.91. The molecule has 1 aromatic carbocycles. The van der Waals surface area contributed by atoms with Gasteiger partial charge in [-0.05, 0) is 37.5 Å². The van der Waals surface area contributed by atoms with Crippen molar-refractivity contribution in [2.75, 3.05) is 5.32 Å². The third kappa shape index (κ3) is 3.76. The van der Waals surface area contributed by atoms with Gasteiger partial charge in [-0.25, -0.2) is 0 Å². The van der Waals surface area contributed by atoms with Crippen molar-refractivity contribution in [1.82, 2.24) is 0 Å². The summed E-state index contributed by atoms with van der Waals surface area (Å²) in [6.45, 7) is 1.92. The number of aryl methyl sites for hydroxylation is 1. The average molecular weight is 310 g/mol. The van der Waals surface area contributed by atoms with Crippen LogP contribution >= 0.6 is 11.6 Å². The SMILES string of the molecule is Cc1ccc(NC(=O)CC2(C(=O)O)CCCCC2)c(Cl)c1. The summed E-state index contributed by atoms with van der Waals surface area (Å²) >= 11 is 6.08. The summed E-state index contributed by atoms with van der Waals surface area (Å²) in [5.74, 6) is -1.16. The number of hydrogen-bond donors (Lipinski definition) is 2. The minimum absolute atomic E-state index is 0.00649. The van der Waals surface area contributed by atoms with E-state index in [-0.39, 0.29) is 12.3 Å². The Balaban J connectivity index is 2.07. The maximum Gasteiger partial charge on any atom is 0.310 e. The molecule has 1 aliphatic carbocycles. The number of rotatable bonds is 4. The molecule has 21 heavy (non-hydrogen) atoms. The first kappa shape index (κ1) is 15.8. The third-order valence-corrected chi connectivity index (χ3v) is 4.47. The molecule has 1 aromatic rings. The van der Waals surface area contributed by atoms with Crippen molar-refractivity contribution < 1.29 is 14.7 Å². The fourth-order valence-electron chi connectivity index (χ4n) is 2.92. The summed E-state index contributed by atoms with van der Waals surface area (Å²) in [4.78, 5) is 23.8. The van der Waals surface area contributed by atoms with Crippen LogP contribution in [0.4, 0.5) is 5.69 Å². The zero-order chi connectivity index (χ0) is 15.5. The van der Waals surface area contributed by atoms with Crippen molar-refractivity contribution in [3.63, 3.8) is 0 Å². The highest BCUT2D eigenvalue weighted by Crippen LogP contribution is 2.40. The Morgan fingerprint density at radius 3 is 2.52 bits per heavy atom. The van der Waals surface area contributed by atoms with Crippen LogP contribution in [-0.4, -0.2) is 17.0 Å². The lowest BCUT2D eigenvalue weighted by Gasteiger charge is -2.32. The molecule has 2 rings (SSSR count). The van der Waals surface area contributed by atoms with Gasteiger partial charge in [-0.3, -0.25) is 9.59 Å². The van der Waals surface area contributed by atoms with E-state index < -0.39 is 11.4 Å². The van der Waals surface area contributed by atoms with Gasteiger partial charge in [0.15, 0.2) is 0 Å². The van der Waals surface area contributed by atoms with Crippen LogP contribution < -0.4 is 5.32 Å². The van der Waals surface area contributed by atoms with Gasteiger partial charge in [0.05, 0.1) is 16.1 Å². The standard InChI is InChI=1S/C16H20ClNO3/c1-11-5-6-13(12(17)9-11)18-14(19)10-16(15(20)21)7-3-2-4-8-16/h5-6,9H,2-4,7-8,10H2,1H3,(H,18,19)(H,20,21). The van der Waals surface area contributed by atoms with Gasteiger partial charge in [0.2, 0.25) is 5.91 Å². The van der Waals surface area contributed by atoms with E-state index >= 15 is 0 Å². The highest BCUT2D eigenvalue weighted by atomic mass is 35.5. The van der Waals surface area contributed by atoms with Crippen LogP contribution in [-0.2, 0) is 9.59 Å². The molecular formula is C16H20ClNO3. The van der Waals surface area contributed by atoms with E-state index in [1.54, 1.807) is 12.1 Å². The quantitative estimate of drug-likeness (QED) is 0.883. The topological polar surface area (TPSA) is 66.4 Å². The van der Waals surface area contributed by atoms with E-state index in [1.165, 1.54) is 0 Å². The van der Waals surface area contributed by atoms with Crippen molar-refractivity contribution in [3.8, 4) is 0 Å². The Morgan fingerprint density at radius 1 is 1.29 bits per heavy atom. The van der Waals surface area contributed by atoms with Crippen LogP contribution in [0.15, 0.2) is 18.2 Å². The Bertz CT molecular complexity index is 550. The van der Waals surface area contributed by atoms with Gasteiger partial charge >= 0.3 is 5.97 Å². The van der Waals surface area contributed by atoms with Gasteiger partial charge in [-0.2, -0.15) is 0 Å². The van der Waals surface area contributed by atoms with Gasteiger partial charge in [-0.1, -0.05) is 36.9 Å². The largest absolute Gasteiger partial charge is 0.481 e. The summed E-state index contributed by atoms with van der Waals surface area (Å²) in [7, 11) is 0. The predicted octanol–water partition coefficient (Wildman–Crippen LogP) is 4.01. The summed E-state index contributed by atoms with van der Waals surface area (Å²) in [6, 6.07) is 5.36. The lowest BCUT2D eigenvalue weighted by atomic mass is 9.71. The second-order valence-electron chi connectivity index (χ2n) is 5.85. The first-order valence-corrected chi connectivity index (χ1v) is 7.60. The lowest BCUT2D eigenvalue weighted by molar-refractivity contribution is -0.153. The number of amides is 1. The normalized spacial score (nSPS) is 17.2. The van der Waals surface area contributed by atoms with E-state index in [0.717, 1.165) is 24.8 Å². The number of halogens is 1. The smallest absolute Gasteiger partial charge is 0.310 e. The fourth-order valence-corrected chi connectivity index (χ4v) is 3.20. The molecule has 4 nitrogen and oxygen atoms in total. The second-order valence-corrected chi connectivity index (χ2v) is 6.26. The molecule has 2 N–H and O–H groups in total. The number of carbonyl (C=O) groups is 2. The van der Waals surface area contributed by atoms with Gasteiger partial charge < -0.3 is 10.4 Å². The minimum atomic E-state index is -0.917. The average Bonchev–Trinajstić information content (AvgIpc) is 2.43. The molecule has 0 aromatic heterocycles. The highest BCUT2D eigenvalue weighted by molar-refractivity contribution is 6.33. The van der Waals surface area contributed by atoms with Crippen molar-refractivity contribution >= 4 is 29.2 Å². The van der Waals surface area contributed by atoms with Crippen molar-refractivity contribution in [2.45, 2.75) is 45.4 Å². The molecule has 0 radical (unpaired) electrons. The van der Waals surface area contributed by atoms with Crippen LogP contribution in [0.1, 0.15) is 44.1 Å². The number of anilines is 1. The predicted molar refractivity (Wildman–Crippen MR) is 82.6 cm³/mol. The monoisotopic (exact) mass is 309 g/mol. The number of carbonyl (C=O) groups excluding carboxylic acids is 1. The molecule has 0 spiro atoms. The van der Waals surface area contributed by atoms with E-state index in [2.05, 4.69) is 5.32 Å². The molecule has 0 saturated heterocycles. The van der Waals surface area contributed by atoms with Gasteiger partial charge in [-0.15, -0.1) is 0 Å². The Morgan fingerprint density at radius 2 is 1.95 bits per heavy atom. The first-order chi connectivity index (χ1) is 9.93. The molecule has 0 atom stereocenters. The number of carboxylic acid groups (broad SMARTS) is 1. The molecular weight excluding hydrogens is 290 g/mol. The molecule has 0 heterocycles. The number of carboxylic acids is 1. The molecule has 5 heteroatoms. The first-order valence-electron chi connectivity index (χ1n) is 7.22. The molecule has 0 unspecified atom stereocenters.